The van der Waals surface area contributed by atoms with E-state index in [1.165, 1.54) is 17.8 Å². The zero-order valence-electron chi connectivity index (χ0n) is 11.6. The van der Waals surface area contributed by atoms with Crippen molar-refractivity contribution in [2.24, 2.45) is 0 Å². The number of benzene rings is 1. The molecule has 5 nitrogen and oxygen atoms in total. The molecule has 0 aliphatic rings. The minimum absolute atomic E-state index is 0.0653. The van der Waals surface area contributed by atoms with E-state index >= 15 is 0 Å². The van der Waals surface area contributed by atoms with Crippen LogP contribution >= 0.6 is 23.4 Å². The van der Waals surface area contributed by atoms with Crippen molar-refractivity contribution in [2.45, 2.75) is 36.7 Å². The van der Waals surface area contributed by atoms with E-state index in [-0.39, 0.29) is 10.6 Å². The Morgan fingerprint density at radius 3 is 2.57 bits per heavy atom. The molecule has 1 aromatic carbocycles. The Kier molecular flexibility index (Phi) is 5.14. The summed E-state index contributed by atoms with van der Waals surface area (Å²) < 4.78 is 0. The van der Waals surface area contributed by atoms with E-state index in [1.54, 1.807) is 12.1 Å². The van der Waals surface area contributed by atoms with Crippen molar-refractivity contribution in [1.29, 1.82) is 0 Å². The zero-order valence-corrected chi connectivity index (χ0v) is 13.2. The van der Waals surface area contributed by atoms with Gasteiger partial charge < -0.3 is 5.11 Å². The predicted molar refractivity (Wildman–Crippen MR) is 81.1 cm³/mol. The Labute approximate surface area is 131 Å². The quantitative estimate of drug-likeness (QED) is 0.907. The second kappa shape index (κ2) is 6.87. The number of carboxylic acids is 1. The van der Waals surface area contributed by atoms with Gasteiger partial charge >= 0.3 is 5.97 Å². The van der Waals surface area contributed by atoms with Crippen LogP contribution in [-0.4, -0.2) is 26.3 Å². The highest BCUT2D eigenvalue weighted by molar-refractivity contribution is 7.99. The van der Waals surface area contributed by atoms with Crippen molar-refractivity contribution in [3.63, 3.8) is 0 Å². The third-order valence-corrected chi connectivity index (χ3v) is 4.04. The zero-order chi connectivity index (χ0) is 15.4. The molecular formula is C14H14ClN3O2S. The van der Waals surface area contributed by atoms with Crippen LogP contribution in [0.1, 0.15) is 35.6 Å². The van der Waals surface area contributed by atoms with Crippen LogP contribution < -0.4 is 0 Å². The van der Waals surface area contributed by atoms with Gasteiger partial charge in [-0.05, 0) is 42.8 Å². The molecule has 110 valence electrons. The average Bonchev–Trinajstić information content (AvgIpc) is 2.48. The maximum absolute atomic E-state index is 11.1. The first-order valence-electron chi connectivity index (χ1n) is 6.48. The maximum Gasteiger partial charge on any atom is 0.337 e. The summed E-state index contributed by atoms with van der Waals surface area (Å²) in [5, 5.41) is 18.0. The molecule has 0 saturated heterocycles. The van der Waals surface area contributed by atoms with Gasteiger partial charge in [0.05, 0.1) is 22.0 Å². The standard InChI is InChI=1S/C14H14ClN3O2S/c1-3-11-12(4-2)17-18-14(16-11)21-8-5-6-10(15)9(7-8)13(19)20/h5-7H,3-4H2,1-2H3,(H,19,20). The molecule has 0 bridgehead atoms. The Balaban J connectivity index is 2.30. The molecule has 0 aliphatic carbocycles. The molecule has 1 aromatic heterocycles. The molecule has 0 aliphatic heterocycles. The average molecular weight is 324 g/mol. The largest absolute Gasteiger partial charge is 0.478 e. The normalized spacial score (nSPS) is 10.6. The van der Waals surface area contributed by atoms with Crippen molar-refractivity contribution < 1.29 is 9.90 Å². The molecule has 21 heavy (non-hydrogen) atoms. The first-order chi connectivity index (χ1) is 10.0. The van der Waals surface area contributed by atoms with Gasteiger partial charge in [0.1, 0.15) is 0 Å². The summed E-state index contributed by atoms with van der Waals surface area (Å²) in [7, 11) is 0. The summed E-state index contributed by atoms with van der Waals surface area (Å²) >= 11 is 7.12. The topological polar surface area (TPSA) is 76.0 Å². The van der Waals surface area contributed by atoms with E-state index in [2.05, 4.69) is 15.2 Å². The SMILES string of the molecule is CCc1nnc(Sc2ccc(Cl)c(C(=O)O)c2)nc1CC. The van der Waals surface area contributed by atoms with Gasteiger partial charge in [0.2, 0.25) is 5.16 Å². The summed E-state index contributed by atoms with van der Waals surface area (Å²) in [6, 6.07) is 4.81. The van der Waals surface area contributed by atoms with Gasteiger partial charge in [-0.25, -0.2) is 9.78 Å². The van der Waals surface area contributed by atoms with Crippen LogP contribution in [0, 0.1) is 0 Å². The number of hydrogen-bond acceptors (Lipinski definition) is 5. The van der Waals surface area contributed by atoms with Crippen molar-refractivity contribution in [3.05, 3.63) is 40.2 Å². The van der Waals surface area contributed by atoms with Gasteiger partial charge in [0.15, 0.2) is 0 Å². The molecule has 0 spiro atoms. The predicted octanol–water partition coefficient (Wildman–Crippen LogP) is 3.50. The number of carboxylic acid groups (broad SMARTS) is 1. The summed E-state index contributed by atoms with van der Waals surface area (Å²) in [5.74, 6) is -1.06. The molecule has 0 saturated carbocycles. The van der Waals surface area contributed by atoms with Gasteiger partial charge in [0.25, 0.3) is 0 Å². The van der Waals surface area contributed by atoms with Gasteiger partial charge in [-0.3, -0.25) is 0 Å². The number of nitrogens with zero attached hydrogens (tertiary/aromatic N) is 3. The van der Waals surface area contributed by atoms with Gasteiger partial charge in [-0.1, -0.05) is 25.4 Å². The van der Waals surface area contributed by atoms with E-state index in [1.807, 2.05) is 13.8 Å². The van der Waals surface area contributed by atoms with Gasteiger partial charge in [0, 0.05) is 4.90 Å². The van der Waals surface area contributed by atoms with Crippen molar-refractivity contribution in [1.82, 2.24) is 15.2 Å². The van der Waals surface area contributed by atoms with E-state index < -0.39 is 5.97 Å². The third-order valence-electron chi connectivity index (χ3n) is 2.87. The number of aryl methyl sites for hydroxylation is 2. The molecular weight excluding hydrogens is 310 g/mol. The third kappa shape index (κ3) is 3.71. The van der Waals surface area contributed by atoms with E-state index in [0.29, 0.717) is 10.1 Å². The lowest BCUT2D eigenvalue weighted by Gasteiger charge is -2.06. The van der Waals surface area contributed by atoms with Crippen LogP contribution in [0.5, 0.6) is 0 Å². The molecule has 7 heteroatoms. The van der Waals surface area contributed by atoms with E-state index in [0.717, 1.165) is 24.2 Å². The number of carbonyl (C=O) groups is 1. The minimum atomic E-state index is -1.06. The highest BCUT2D eigenvalue weighted by Crippen LogP contribution is 2.28. The van der Waals surface area contributed by atoms with Crippen molar-refractivity contribution >= 4 is 29.3 Å². The highest BCUT2D eigenvalue weighted by atomic mass is 35.5. The van der Waals surface area contributed by atoms with Gasteiger partial charge in [-0.2, -0.15) is 5.10 Å². The molecule has 0 atom stereocenters. The highest BCUT2D eigenvalue weighted by Gasteiger charge is 2.12. The molecule has 1 heterocycles. The van der Waals surface area contributed by atoms with Crippen LogP contribution in [-0.2, 0) is 12.8 Å². The number of rotatable bonds is 5. The van der Waals surface area contributed by atoms with Gasteiger partial charge in [-0.15, -0.1) is 5.10 Å². The Morgan fingerprint density at radius 2 is 1.95 bits per heavy atom. The smallest absolute Gasteiger partial charge is 0.337 e. The number of aromatic nitrogens is 3. The van der Waals surface area contributed by atoms with Crippen LogP contribution in [0.15, 0.2) is 28.3 Å². The lowest BCUT2D eigenvalue weighted by atomic mass is 10.2. The molecule has 2 rings (SSSR count). The summed E-state index contributed by atoms with van der Waals surface area (Å²) in [6.45, 7) is 4.03. The first-order valence-corrected chi connectivity index (χ1v) is 7.67. The number of halogens is 1. The lowest BCUT2D eigenvalue weighted by molar-refractivity contribution is 0.0697. The number of aromatic carboxylic acids is 1. The molecule has 0 radical (unpaired) electrons. The second-order valence-corrected chi connectivity index (χ2v) is 5.69. The van der Waals surface area contributed by atoms with E-state index in [4.69, 9.17) is 16.7 Å². The fourth-order valence-corrected chi connectivity index (χ4v) is 2.76. The Hall–Kier alpha value is -1.66. The summed E-state index contributed by atoms with van der Waals surface area (Å²) in [6.07, 6.45) is 1.57. The van der Waals surface area contributed by atoms with E-state index in [9.17, 15) is 4.79 Å². The van der Waals surface area contributed by atoms with Crippen LogP contribution in [0.3, 0.4) is 0 Å². The maximum atomic E-state index is 11.1. The fraction of sp³-hybridized carbons (Fsp3) is 0.286. The van der Waals surface area contributed by atoms with Crippen LogP contribution in [0.4, 0.5) is 0 Å². The Bertz CT molecular complexity index is 679. The molecule has 2 aromatic rings. The minimum Gasteiger partial charge on any atom is -0.478 e. The van der Waals surface area contributed by atoms with Crippen molar-refractivity contribution in [2.75, 3.05) is 0 Å². The van der Waals surface area contributed by atoms with Crippen LogP contribution in [0.25, 0.3) is 0 Å². The van der Waals surface area contributed by atoms with Crippen LogP contribution in [0.2, 0.25) is 5.02 Å². The fourth-order valence-electron chi connectivity index (χ4n) is 1.80. The molecule has 0 unspecified atom stereocenters. The summed E-state index contributed by atoms with van der Waals surface area (Å²) in [4.78, 5) is 16.2. The molecule has 0 fully saturated rings. The first kappa shape index (κ1) is 15.7. The summed E-state index contributed by atoms with van der Waals surface area (Å²) in [5.41, 5.74) is 1.88. The number of hydrogen-bond donors (Lipinski definition) is 1. The molecule has 0 amide bonds. The van der Waals surface area contributed by atoms with Crippen molar-refractivity contribution in [3.8, 4) is 0 Å². The second-order valence-electron chi connectivity index (χ2n) is 4.24. The monoisotopic (exact) mass is 323 g/mol. The Morgan fingerprint density at radius 1 is 1.24 bits per heavy atom. The lowest BCUT2D eigenvalue weighted by Crippen LogP contribution is -2.03. The molecule has 1 N–H and O–H groups in total.